The average Bonchev–Trinajstić information content (AvgIpc) is 2.88. The number of unbranched alkanes of at least 4 members (excludes halogenated alkanes) is 1. The third kappa shape index (κ3) is 11.8. The van der Waals surface area contributed by atoms with E-state index >= 15 is 0 Å². The van der Waals surface area contributed by atoms with E-state index in [1.165, 1.54) is 23.1 Å². The second-order valence-corrected chi connectivity index (χ2v) is 8.67. The Kier molecular flexibility index (Phi) is 13.2. The van der Waals surface area contributed by atoms with Crippen LogP contribution in [0.15, 0.2) is 42.6 Å². The Morgan fingerprint density at radius 3 is 2.58 bits per heavy atom. The molecule has 0 atom stereocenters. The minimum atomic E-state index is -0.456. The van der Waals surface area contributed by atoms with Crippen LogP contribution >= 0.6 is 0 Å². The van der Waals surface area contributed by atoms with Crippen LogP contribution < -0.4 is 16.0 Å². The minimum Gasteiger partial charge on any atom is -0.369 e. The summed E-state index contributed by atoms with van der Waals surface area (Å²) in [7, 11) is 5.38. The molecule has 1 aromatic heterocycles. The monoisotopic (exact) mass is 527 g/mol. The summed E-state index contributed by atoms with van der Waals surface area (Å²) in [5.41, 5.74) is 1.18. The van der Waals surface area contributed by atoms with Gasteiger partial charge in [0.1, 0.15) is 11.6 Å². The first-order valence-electron chi connectivity index (χ1n) is 12.3. The molecule has 0 aliphatic carbocycles. The van der Waals surface area contributed by atoms with Gasteiger partial charge in [-0.15, -0.1) is 0 Å². The Bertz CT molecular complexity index is 1130. The highest BCUT2D eigenvalue weighted by Gasteiger charge is 2.10. The van der Waals surface area contributed by atoms with Crippen LogP contribution in [0.3, 0.4) is 0 Å². The van der Waals surface area contributed by atoms with Crippen molar-refractivity contribution >= 4 is 29.3 Å². The lowest BCUT2D eigenvalue weighted by Gasteiger charge is -2.14. The van der Waals surface area contributed by atoms with Crippen molar-refractivity contribution in [3.8, 4) is 11.8 Å². The molecule has 0 spiro atoms. The second-order valence-electron chi connectivity index (χ2n) is 8.67. The maximum Gasteiger partial charge on any atom is 0.246 e. The highest BCUT2D eigenvalue weighted by molar-refractivity contribution is 5.91. The summed E-state index contributed by atoms with van der Waals surface area (Å²) in [4.78, 5) is 36.1. The zero-order valence-corrected chi connectivity index (χ0v) is 22.1. The van der Waals surface area contributed by atoms with E-state index in [9.17, 15) is 18.4 Å². The number of anilines is 3. The summed E-state index contributed by atoms with van der Waals surface area (Å²) in [6, 6.07) is 5.79. The number of likely N-dealkylation sites (N-methyl/N-ethyl adjacent to an activating group) is 2. The molecule has 2 rings (SSSR count). The van der Waals surface area contributed by atoms with E-state index in [1.54, 1.807) is 31.5 Å². The van der Waals surface area contributed by atoms with Crippen molar-refractivity contribution in [3.63, 3.8) is 0 Å². The molecule has 2 amide bonds. The third-order valence-electron chi connectivity index (χ3n) is 5.00. The molecule has 0 unspecified atom stereocenters. The third-order valence-corrected chi connectivity index (χ3v) is 5.00. The van der Waals surface area contributed by atoms with Crippen molar-refractivity contribution in [3.05, 3.63) is 54.0 Å². The smallest absolute Gasteiger partial charge is 0.246 e. The number of carbonyl (C=O) groups is 2. The van der Waals surface area contributed by atoms with E-state index in [4.69, 9.17) is 0 Å². The fraction of sp³-hybridized carbons (Fsp3) is 0.407. The number of amides is 2. The largest absolute Gasteiger partial charge is 0.369 e. The zero-order valence-electron chi connectivity index (χ0n) is 22.1. The molecule has 0 bridgehead atoms. The first-order chi connectivity index (χ1) is 18.3. The first-order valence-corrected chi connectivity index (χ1v) is 12.3. The number of rotatable bonds is 14. The van der Waals surface area contributed by atoms with Gasteiger partial charge in [0.05, 0.1) is 25.0 Å². The zero-order chi connectivity index (χ0) is 27.8. The van der Waals surface area contributed by atoms with Crippen LogP contribution in [0.2, 0.25) is 0 Å². The minimum absolute atomic E-state index is 0.0274. The standard InChI is InChI=1S/C27H35F2N7O2/c1-35(2)18-7-10-25(38)36(3)20-24(37)30-16-6-4-5-9-21-19-32-27(34-26(21)31-17-8-15-28)33-23-13-11-22(29)12-14-23/h7,10-14,19H,4,6,8,15-18,20H2,1-3H3,(H,30,37)(H2,31,32,33,34)/b10-7+. The second kappa shape index (κ2) is 16.7. The molecule has 1 heterocycles. The predicted molar refractivity (Wildman–Crippen MR) is 145 cm³/mol. The Morgan fingerprint density at radius 2 is 1.87 bits per heavy atom. The Hall–Kier alpha value is -4.04. The highest BCUT2D eigenvalue weighted by atomic mass is 19.1. The van der Waals surface area contributed by atoms with Gasteiger partial charge < -0.3 is 25.8 Å². The molecule has 11 heteroatoms. The van der Waals surface area contributed by atoms with Gasteiger partial charge in [0, 0.05) is 44.9 Å². The molecule has 0 aliphatic rings. The van der Waals surface area contributed by atoms with Crippen LogP contribution in [0.4, 0.5) is 26.2 Å². The van der Waals surface area contributed by atoms with E-state index < -0.39 is 6.67 Å². The van der Waals surface area contributed by atoms with Crippen molar-refractivity contribution in [2.24, 2.45) is 0 Å². The number of aromatic nitrogens is 2. The van der Waals surface area contributed by atoms with Crippen molar-refractivity contribution in [1.82, 2.24) is 25.1 Å². The number of halogens is 2. The molecular formula is C27H35F2N7O2. The van der Waals surface area contributed by atoms with Crippen LogP contribution in [0.5, 0.6) is 0 Å². The molecular weight excluding hydrogens is 492 g/mol. The topological polar surface area (TPSA) is 102 Å². The molecule has 38 heavy (non-hydrogen) atoms. The molecule has 0 aliphatic heterocycles. The maximum atomic E-state index is 13.1. The average molecular weight is 528 g/mol. The molecule has 1 aromatic carbocycles. The van der Waals surface area contributed by atoms with E-state index in [0.29, 0.717) is 61.9 Å². The van der Waals surface area contributed by atoms with Gasteiger partial charge in [-0.25, -0.2) is 9.37 Å². The van der Waals surface area contributed by atoms with Gasteiger partial charge >= 0.3 is 0 Å². The molecule has 0 fully saturated rings. The van der Waals surface area contributed by atoms with E-state index in [2.05, 4.69) is 37.8 Å². The Labute approximate surface area is 222 Å². The van der Waals surface area contributed by atoms with Crippen LogP contribution in [0, 0.1) is 17.7 Å². The normalized spacial score (nSPS) is 10.7. The number of nitrogens with one attached hydrogen (secondary N) is 3. The van der Waals surface area contributed by atoms with E-state index in [0.717, 1.165) is 0 Å². The predicted octanol–water partition coefficient (Wildman–Crippen LogP) is 2.95. The number of alkyl halides is 1. The Balaban J connectivity index is 1.85. The van der Waals surface area contributed by atoms with Gasteiger partial charge in [0.25, 0.3) is 0 Å². The van der Waals surface area contributed by atoms with Gasteiger partial charge in [-0.3, -0.25) is 14.0 Å². The van der Waals surface area contributed by atoms with E-state index in [-0.39, 0.29) is 24.2 Å². The quantitative estimate of drug-likeness (QED) is 0.197. The number of benzene rings is 1. The first kappa shape index (κ1) is 30.2. The van der Waals surface area contributed by atoms with Crippen molar-refractivity contribution in [2.45, 2.75) is 19.3 Å². The SMILES string of the molecule is CN(C)C/C=C/C(=O)N(C)CC(=O)NCCCC#Cc1cnc(Nc2ccc(F)cc2)nc1NCCCF. The van der Waals surface area contributed by atoms with Gasteiger partial charge in [0.15, 0.2) is 0 Å². The van der Waals surface area contributed by atoms with Crippen molar-refractivity contribution in [2.75, 3.05) is 64.6 Å². The lowest BCUT2D eigenvalue weighted by atomic mass is 10.2. The summed E-state index contributed by atoms with van der Waals surface area (Å²) in [6.45, 7) is 0.964. The summed E-state index contributed by atoms with van der Waals surface area (Å²) >= 11 is 0. The van der Waals surface area contributed by atoms with Gasteiger partial charge in [-0.1, -0.05) is 17.9 Å². The lowest BCUT2D eigenvalue weighted by Crippen LogP contribution is -2.38. The van der Waals surface area contributed by atoms with Gasteiger partial charge in [-0.2, -0.15) is 4.98 Å². The highest BCUT2D eigenvalue weighted by Crippen LogP contribution is 2.17. The number of hydrogen-bond acceptors (Lipinski definition) is 7. The molecule has 204 valence electrons. The van der Waals surface area contributed by atoms with Crippen LogP contribution in [0.1, 0.15) is 24.8 Å². The summed E-state index contributed by atoms with van der Waals surface area (Å²) in [5, 5.41) is 8.85. The summed E-state index contributed by atoms with van der Waals surface area (Å²) in [5.74, 6) is 5.99. The van der Waals surface area contributed by atoms with Crippen LogP contribution in [0.25, 0.3) is 0 Å². The molecule has 2 aromatic rings. The molecule has 3 N–H and O–H groups in total. The van der Waals surface area contributed by atoms with Gasteiger partial charge in [-0.05, 0) is 51.2 Å². The fourth-order valence-electron chi connectivity index (χ4n) is 3.01. The van der Waals surface area contributed by atoms with Crippen LogP contribution in [-0.2, 0) is 9.59 Å². The number of hydrogen-bond donors (Lipinski definition) is 3. The molecule has 0 saturated heterocycles. The van der Waals surface area contributed by atoms with Gasteiger partial charge in [0.2, 0.25) is 17.8 Å². The fourth-order valence-corrected chi connectivity index (χ4v) is 3.01. The summed E-state index contributed by atoms with van der Waals surface area (Å²) in [6.07, 6.45) is 6.23. The summed E-state index contributed by atoms with van der Waals surface area (Å²) < 4.78 is 25.7. The van der Waals surface area contributed by atoms with Crippen molar-refractivity contribution < 1.29 is 18.4 Å². The maximum absolute atomic E-state index is 13.1. The molecule has 0 radical (unpaired) electrons. The van der Waals surface area contributed by atoms with Crippen LogP contribution in [-0.4, -0.2) is 85.6 Å². The van der Waals surface area contributed by atoms with E-state index in [1.807, 2.05) is 19.0 Å². The lowest BCUT2D eigenvalue weighted by molar-refractivity contribution is -0.131. The molecule has 9 nitrogen and oxygen atoms in total. The van der Waals surface area contributed by atoms with Crippen molar-refractivity contribution in [1.29, 1.82) is 0 Å². The number of carbonyl (C=O) groups excluding carboxylic acids is 2. The molecule has 0 saturated carbocycles. The Morgan fingerprint density at radius 1 is 1.11 bits per heavy atom. The number of nitrogens with zero attached hydrogens (tertiary/aromatic N) is 4.